The summed E-state index contributed by atoms with van der Waals surface area (Å²) in [5.41, 5.74) is 0.277. The summed E-state index contributed by atoms with van der Waals surface area (Å²) >= 11 is 6.29. The van der Waals surface area contributed by atoms with E-state index in [2.05, 4.69) is 59.1 Å². The Labute approximate surface area is 367 Å². The number of rotatable bonds is 8. The van der Waals surface area contributed by atoms with Crippen molar-refractivity contribution in [1.29, 1.82) is 5.26 Å². The molecule has 0 aromatic heterocycles. The molecule has 2 bridgehead atoms. The second-order valence-electron chi connectivity index (χ2n) is 20.1. The highest BCUT2D eigenvalue weighted by atomic mass is 35.5. The van der Waals surface area contributed by atoms with Crippen LogP contribution in [-0.2, 0) is 19.2 Å². The Morgan fingerprint density at radius 2 is 1.44 bits per heavy atom. The Kier molecular flexibility index (Phi) is 10.5. The summed E-state index contributed by atoms with van der Waals surface area (Å²) in [5.74, 6) is -1.07. The maximum Gasteiger partial charge on any atom is 0.262 e. The lowest BCUT2D eigenvalue weighted by molar-refractivity contribution is -0.181. The van der Waals surface area contributed by atoms with Crippen LogP contribution in [0.1, 0.15) is 118 Å². The molecule has 2 aromatic carbocycles. The number of ether oxygens (including phenoxy) is 1. The molecule has 62 heavy (non-hydrogen) atoms. The Morgan fingerprint density at radius 3 is 2.05 bits per heavy atom. The summed E-state index contributed by atoms with van der Waals surface area (Å²) in [5, 5.41) is 15.3. The average molecular weight is 866 g/mol. The van der Waals surface area contributed by atoms with Gasteiger partial charge in [0.2, 0.25) is 23.6 Å². The van der Waals surface area contributed by atoms with Gasteiger partial charge in [0.15, 0.2) is 0 Å². The van der Waals surface area contributed by atoms with Gasteiger partial charge < -0.3 is 19.9 Å². The Balaban J connectivity index is 0.745. The molecule has 1 unspecified atom stereocenters. The van der Waals surface area contributed by atoms with Gasteiger partial charge in [-0.15, -0.1) is 0 Å². The summed E-state index contributed by atoms with van der Waals surface area (Å²) in [6.45, 7) is 13.1. The highest BCUT2D eigenvalue weighted by molar-refractivity contribution is 6.31. The van der Waals surface area contributed by atoms with E-state index >= 15 is 0 Å². The number of nitrogens with one attached hydrogen (secondary N) is 2. The number of benzene rings is 2. The fourth-order valence-corrected chi connectivity index (χ4v) is 12.7. The molecule has 0 radical (unpaired) electrons. The van der Waals surface area contributed by atoms with Gasteiger partial charge in [-0.3, -0.25) is 43.9 Å². The topological polar surface area (TPSA) is 172 Å². The number of amides is 6. The summed E-state index contributed by atoms with van der Waals surface area (Å²) in [6.07, 6.45) is 6.24. The molecule has 4 saturated carbocycles. The first-order valence-corrected chi connectivity index (χ1v) is 22.7. The third-order valence-corrected chi connectivity index (χ3v) is 16.3. The molecule has 4 aliphatic heterocycles. The van der Waals surface area contributed by atoms with Crippen molar-refractivity contribution >= 4 is 52.7 Å². The van der Waals surface area contributed by atoms with Crippen LogP contribution in [0, 0.1) is 33.0 Å². The minimum absolute atomic E-state index is 0.0807. The minimum Gasteiger partial charge on any atom is -0.489 e. The number of fused-ring (bicyclic) bond motifs is 4. The van der Waals surface area contributed by atoms with Crippen molar-refractivity contribution in [2.45, 2.75) is 116 Å². The third-order valence-electron chi connectivity index (χ3n) is 16.0. The first kappa shape index (κ1) is 42.3. The summed E-state index contributed by atoms with van der Waals surface area (Å²) in [4.78, 5) is 87.0. The van der Waals surface area contributed by atoms with Crippen LogP contribution in [0.5, 0.6) is 5.75 Å². The molecule has 7 fully saturated rings. The Bertz CT molecular complexity index is 2250. The molecule has 2 N–H and O–H groups in total. The quantitative estimate of drug-likeness (QED) is 0.342. The summed E-state index contributed by atoms with van der Waals surface area (Å²) in [7, 11) is 0. The smallest absolute Gasteiger partial charge is 0.262 e. The fraction of sp³-hybridized carbons (Fsp3) is 0.596. The first-order valence-electron chi connectivity index (χ1n) is 22.3. The first-order chi connectivity index (χ1) is 29.5. The van der Waals surface area contributed by atoms with Gasteiger partial charge in [0.05, 0.1) is 21.7 Å². The van der Waals surface area contributed by atoms with Gasteiger partial charge >= 0.3 is 0 Å². The lowest BCUT2D eigenvalue weighted by Crippen LogP contribution is -2.75. The number of hydrogen-bond acceptors (Lipinski definition) is 10. The molecular weight excluding hydrogens is 810 g/mol. The van der Waals surface area contributed by atoms with Crippen LogP contribution in [0.15, 0.2) is 36.4 Å². The number of piperazine rings is 1. The molecule has 4 aliphatic carbocycles. The van der Waals surface area contributed by atoms with Crippen molar-refractivity contribution in [3.63, 3.8) is 0 Å². The van der Waals surface area contributed by atoms with Gasteiger partial charge in [-0.2, -0.15) is 5.26 Å². The maximum atomic E-state index is 14.3. The molecule has 3 saturated heterocycles. The zero-order valence-corrected chi connectivity index (χ0v) is 36.8. The largest absolute Gasteiger partial charge is 0.489 e. The molecule has 15 heteroatoms. The van der Waals surface area contributed by atoms with Crippen molar-refractivity contribution < 1.29 is 33.5 Å². The number of anilines is 1. The van der Waals surface area contributed by atoms with E-state index in [4.69, 9.17) is 16.3 Å². The highest BCUT2D eigenvalue weighted by Crippen LogP contribution is 2.60. The van der Waals surface area contributed by atoms with Crippen LogP contribution in [0.3, 0.4) is 0 Å². The molecule has 6 amide bonds. The van der Waals surface area contributed by atoms with Crippen LogP contribution in [-0.4, -0.2) is 114 Å². The van der Waals surface area contributed by atoms with Crippen LogP contribution >= 0.6 is 11.6 Å². The van der Waals surface area contributed by atoms with Crippen LogP contribution < -0.4 is 20.3 Å². The van der Waals surface area contributed by atoms with Crippen LogP contribution in [0.25, 0.3) is 0 Å². The molecule has 2 aromatic rings. The lowest BCUT2D eigenvalue weighted by Gasteiger charge is -2.64. The van der Waals surface area contributed by atoms with Crippen molar-refractivity contribution in [3.05, 3.63) is 58.1 Å². The zero-order chi connectivity index (χ0) is 43.9. The molecule has 10 rings (SSSR count). The number of hydrogen-bond donors (Lipinski definition) is 2. The maximum absolute atomic E-state index is 14.3. The van der Waals surface area contributed by atoms with E-state index in [-0.39, 0.29) is 53.2 Å². The second kappa shape index (κ2) is 15.4. The Hall–Kier alpha value is -5.00. The molecule has 1 atom stereocenters. The molecule has 4 heterocycles. The molecule has 14 nitrogen and oxygen atoms in total. The van der Waals surface area contributed by atoms with Crippen molar-refractivity contribution in [1.82, 2.24) is 25.3 Å². The van der Waals surface area contributed by atoms with Crippen molar-refractivity contribution in [3.8, 4) is 11.8 Å². The number of nitriles is 1. The lowest BCUT2D eigenvalue weighted by atomic mass is 9.48. The van der Waals surface area contributed by atoms with E-state index in [1.165, 1.54) is 0 Å². The predicted molar refractivity (Wildman–Crippen MR) is 229 cm³/mol. The molecule has 328 valence electrons. The van der Waals surface area contributed by atoms with Crippen LogP contribution in [0.4, 0.5) is 5.69 Å². The van der Waals surface area contributed by atoms with E-state index in [0.29, 0.717) is 60.3 Å². The second-order valence-corrected chi connectivity index (χ2v) is 20.5. The third kappa shape index (κ3) is 6.85. The number of piperidine rings is 2. The monoisotopic (exact) mass is 865 g/mol. The summed E-state index contributed by atoms with van der Waals surface area (Å²) < 4.78 is 6.45. The molecule has 0 spiro atoms. The van der Waals surface area contributed by atoms with E-state index in [9.17, 15) is 34.0 Å². The van der Waals surface area contributed by atoms with Crippen molar-refractivity contribution in [2.75, 3.05) is 44.2 Å². The minimum atomic E-state index is -0.989. The van der Waals surface area contributed by atoms with Gasteiger partial charge in [-0.25, -0.2) is 0 Å². The normalized spacial score (nSPS) is 30.6. The standard InChI is InChI=1S/C47H56ClN7O7/c1-44(2)40(45(3,4)41(44)62-31-7-5-28(27-49)34(48)26-31)51-42(60)46-13-16-47(17-14-46,18-15-46)43(61)54-23-21-53(22-24-54)29-11-19-52(20-12-29)30-6-8-32-33(25-30)39(59)55(38(32)58)35-9-10-36(56)50-37(35)57/h5-8,25-26,29,35,40-41H,9-24H2,1-4H3,(H,51,60)(H,50,56,57)/t35?,40-,41-,46?,47?. The van der Waals surface area contributed by atoms with Gasteiger partial charge in [-0.05, 0) is 88.1 Å². The number of carbonyl (C=O) groups is 6. The van der Waals surface area contributed by atoms with Gasteiger partial charge in [-0.1, -0.05) is 39.3 Å². The van der Waals surface area contributed by atoms with Gasteiger partial charge in [0.25, 0.3) is 11.8 Å². The average Bonchev–Trinajstić information content (AvgIpc) is 3.52. The molecule has 8 aliphatic rings. The van der Waals surface area contributed by atoms with E-state index in [0.717, 1.165) is 68.9 Å². The number of nitrogens with zero attached hydrogens (tertiary/aromatic N) is 5. The van der Waals surface area contributed by atoms with E-state index in [1.807, 2.05) is 6.07 Å². The molecular formula is C47H56ClN7O7. The SMILES string of the molecule is CC1(C)[C@H](NC(=O)C23CCC(C(=O)N4CCN(C5CCN(c6ccc7c(c6)C(=O)N(C6CCC(=O)NC6=O)C7=O)CC5)CC4)(CC2)CC3)C(C)(C)[C@H]1Oc1ccc(C#N)c(Cl)c1. The van der Waals surface area contributed by atoms with Gasteiger partial charge in [0.1, 0.15) is 24.0 Å². The number of halogens is 1. The van der Waals surface area contributed by atoms with Crippen LogP contribution in [0.2, 0.25) is 5.02 Å². The van der Waals surface area contributed by atoms with Gasteiger partial charge in [0, 0.05) is 91.2 Å². The predicted octanol–water partition coefficient (Wildman–Crippen LogP) is 5.06. The highest BCUT2D eigenvalue weighted by Gasteiger charge is 2.65. The fourth-order valence-electron chi connectivity index (χ4n) is 12.5. The number of carbonyl (C=O) groups excluding carboxylic acids is 6. The Morgan fingerprint density at radius 1 is 0.806 bits per heavy atom. The van der Waals surface area contributed by atoms with E-state index < -0.39 is 40.5 Å². The number of imide groups is 2. The van der Waals surface area contributed by atoms with Crippen molar-refractivity contribution in [2.24, 2.45) is 21.7 Å². The summed E-state index contributed by atoms with van der Waals surface area (Å²) in [6, 6.07) is 11.8. The zero-order valence-electron chi connectivity index (χ0n) is 36.1. The van der Waals surface area contributed by atoms with E-state index in [1.54, 1.807) is 30.3 Å².